The molecule has 1 aromatic rings. The van der Waals surface area contributed by atoms with E-state index in [0.29, 0.717) is 13.2 Å². The van der Waals surface area contributed by atoms with E-state index < -0.39 is 0 Å². The summed E-state index contributed by atoms with van der Waals surface area (Å²) in [5.41, 5.74) is 1.13. The lowest BCUT2D eigenvalue weighted by molar-refractivity contribution is 0.310. The minimum atomic E-state index is 0.619. The molecule has 1 aromatic carbocycles. The van der Waals surface area contributed by atoms with Gasteiger partial charge in [0.15, 0.2) is 17.5 Å². The van der Waals surface area contributed by atoms with Crippen LogP contribution >= 0.6 is 0 Å². The van der Waals surface area contributed by atoms with E-state index in [1.54, 1.807) is 14.2 Å². The van der Waals surface area contributed by atoms with Gasteiger partial charge >= 0.3 is 0 Å². The maximum absolute atomic E-state index is 5.61. The molecule has 0 spiro atoms. The van der Waals surface area contributed by atoms with Gasteiger partial charge in [0, 0.05) is 20.1 Å². The highest BCUT2D eigenvalue weighted by Gasteiger charge is 2.06. The van der Waals surface area contributed by atoms with Gasteiger partial charge in [-0.2, -0.15) is 0 Å². The lowest BCUT2D eigenvalue weighted by Crippen LogP contribution is -2.37. The van der Waals surface area contributed by atoms with Gasteiger partial charge in [-0.05, 0) is 31.0 Å². The van der Waals surface area contributed by atoms with Crippen molar-refractivity contribution in [3.8, 4) is 11.5 Å². The first kappa shape index (κ1) is 19.1. The number of aliphatic imine (C=N–C) groups is 1. The number of hydrogen-bond donors (Lipinski definition) is 2. The monoisotopic (exact) mass is 321 g/mol. The maximum atomic E-state index is 5.61. The molecule has 0 bridgehead atoms. The zero-order valence-electron chi connectivity index (χ0n) is 14.9. The molecule has 0 amide bonds. The number of nitrogens with one attached hydrogen (secondary N) is 2. The summed E-state index contributed by atoms with van der Waals surface area (Å²) >= 11 is 0. The van der Waals surface area contributed by atoms with Crippen molar-refractivity contribution in [1.29, 1.82) is 0 Å². The second-order valence-corrected chi connectivity index (χ2v) is 5.33. The summed E-state index contributed by atoms with van der Waals surface area (Å²) in [6, 6.07) is 5.97. The molecule has 0 aliphatic heterocycles. The predicted molar refractivity (Wildman–Crippen MR) is 96.5 cm³/mol. The van der Waals surface area contributed by atoms with E-state index in [2.05, 4.69) is 22.5 Å². The molecule has 0 saturated carbocycles. The second kappa shape index (κ2) is 11.6. The topological polar surface area (TPSA) is 54.9 Å². The standard InChI is InChI=1S/C18H31N3O2/c1-5-7-8-9-12-20-18(19-3)21-14-15-10-11-16(22-4)17(13-15)23-6-2/h10-11,13H,5-9,12,14H2,1-4H3,(H2,19,20,21). The van der Waals surface area contributed by atoms with Crippen molar-refractivity contribution in [2.45, 2.75) is 46.1 Å². The van der Waals surface area contributed by atoms with Gasteiger partial charge in [-0.1, -0.05) is 32.3 Å². The highest BCUT2D eigenvalue weighted by Crippen LogP contribution is 2.27. The van der Waals surface area contributed by atoms with Crippen molar-refractivity contribution in [1.82, 2.24) is 10.6 Å². The molecule has 0 fully saturated rings. The number of unbranched alkanes of at least 4 members (excludes halogenated alkanes) is 3. The molecule has 0 radical (unpaired) electrons. The highest BCUT2D eigenvalue weighted by atomic mass is 16.5. The van der Waals surface area contributed by atoms with Crippen LogP contribution in [0.25, 0.3) is 0 Å². The Bertz CT molecular complexity index is 475. The van der Waals surface area contributed by atoms with E-state index in [0.717, 1.165) is 29.6 Å². The van der Waals surface area contributed by atoms with E-state index >= 15 is 0 Å². The van der Waals surface area contributed by atoms with E-state index in [9.17, 15) is 0 Å². The van der Waals surface area contributed by atoms with Crippen molar-refractivity contribution < 1.29 is 9.47 Å². The van der Waals surface area contributed by atoms with Gasteiger partial charge < -0.3 is 20.1 Å². The summed E-state index contributed by atoms with van der Waals surface area (Å²) in [4.78, 5) is 4.25. The SMILES string of the molecule is CCCCCCNC(=NC)NCc1ccc(OC)c(OCC)c1. The molecule has 0 saturated heterocycles. The second-order valence-electron chi connectivity index (χ2n) is 5.33. The van der Waals surface area contributed by atoms with Crippen LogP contribution in [0.5, 0.6) is 11.5 Å². The number of benzene rings is 1. The molecule has 5 heteroatoms. The maximum Gasteiger partial charge on any atom is 0.191 e. The first-order valence-corrected chi connectivity index (χ1v) is 8.49. The fraction of sp³-hybridized carbons (Fsp3) is 0.611. The van der Waals surface area contributed by atoms with E-state index in [1.165, 1.54) is 25.7 Å². The summed E-state index contributed by atoms with van der Waals surface area (Å²) in [6.45, 7) is 6.45. The Balaban J connectivity index is 2.47. The number of guanidine groups is 1. The zero-order chi connectivity index (χ0) is 16.9. The van der Waals surface area contributed by atoms with Crippen LogP contribution < -0.4 is 20.1 Å². The first-order valence-electron chi connectivity index (χ1n) is 8.49. The van der Waals surface area contributed by atoms with Gasteiger partial charge in [-0.25, -0.2) is 0 Å². The van der Waals surface area contributed by atoms with Gasteiger partial charge in [-0.3, -0.25) is 4.99 Å². The van der Waals surface area contributed by atoms with Gasteiger partial charge in [0.25, 0.3) is 0 Å². The summed E-state index contributed by atoms with van der Waals surface area (Å²) < 4.78 is 10.9. The lowest BCUT2D eigenvalue weighted by Gasteiger charge is -2.14. The fourth-order valence-electron chi connectivity index (χ4n) is 2.26. The quantitative estimate of drug-likeness (QED) is 0.394. The molecule has 0 atom stereocenters. The van der Waals surface area contributed by atoms with Gasteiger partial charge in [0.05, 0.1) is 13.7 Å². The third kappa shape index (κ3) is 7.26. The van der Waals surface area contributed by atoms with Crippen LogP contribution in [0.2, 0.25) is 0 Å². The van der Waals surface area contributed by atoms with Crippen molar-refractivity contribution in [3.63, 3.8) is 0 Å². The Kier molecular flexibility index (Phi) is 9.68. The smallest absolute Gasteiger partial charge is 0.191 e. The Morgan fingerprint density at radius 2 is 1.91 bits per heavy atom. The molecular weight excluding hydrogens is 290 g/mol. The van der Waals surface area contributed by atoms with Crippen molar-refractivity contribution in [2.75, 3.05) is 27.3 Å². The Morgan fingerprint density at radius 3 is 2.57 bits per heavy atom. The van der Waals surface area contributed by atoms with Crippen molar-refractivity contribution >= 4 is 5.96 Å². The summed E-state index contributed by atoms with van der Waals surface area (Å²) in [5.74, 6) is 2.36. The molecule has 0 heterocycles. The normalized spacial score (nSPS) is 11.2. The van der Waals surface area contributed by atoms with E-state index in [-0.39, 0.29) is 0 Å². The molecule has 0 aromatic heterocycles. The molecule has 5 nitrogen and oxygen atoms in total. The fourth-order valence-corrected chi connectivity index (χ4v) is 2.26. The molecule has 0 unspecified atom stereocenters. The molecule has 130 valence electrons. The third-order valence-electron chi connectivity index (χ3n) is 3.53. The first-order chi connectivity index (χ1) is 11.2. The third-order valence-corrected chi connectivity index (χ3v) is 3.53. The van der Waals surface area contributed by atoms with Crippen molar-refractivity contribution in [2.24, 2.45) is 4.99 Å². The number of rotatable bonds is 10. The molecular formula is C18H31N3O2. The highest BCUT2D eigenvalue weighted by molar-refractivity contribution is 5.79. The van der Waals surface area contributed by atoms with Crippen LogP contribution in [0.4, 0.5) is 0 Å². The molecule has 2 N–H and O–H groups in total. The molecule has 0 aliphatic rings. The van der Waals surface area contributed by atoms with E-state index in [4.69, 9.17) is 9.47 Å². The molecule has 23 heavy (non-hydrogen) atoms. The van der Waals surface area contributed by atoms with Crippen LogP contribution in [0.1, 0.15) is 45.1 Å². The van der Waals surface area contributed by atoms with Crippen LogP contribution in [0.3, 0.4) is 0 Å². The number of methoxy groups -OCH3 is 1. The Hall–Kier alpha value is -1.91. The van der Waals surface area contributed by atoms with Gasteiger partial charge in [0.1, 0.15) is 0 Å². The average Bonchev–Trinajstić information content (AvgIpc) is 2.58. The largest absolute Gasteiger partial charge is 0.493 e. The summed E-state index contributed by atoms with van der Waals surface area (Å²) in [6.07, 6.45) is 4.98. The van der Waals surface area contributed by atoms with Crippen LogP contribution in [-0.4, -0.2) is 33.3 Å². The number of nitrogens with zero attached hydrogens (tertiary/aromatic N) is 1. The molecule has 0 aliphatic carbocycles. The predicted octanol–water partition coefficient (Wildman–Crippen LogP) is 3.34. The average molecular weight is 321 g/mol. The van der Waals surface area contributed by atoms with Gasteiger partial charge in [-0.15, -0.1) is 0 Å². The minimum Gasteiger partial charge on any atom is -0.493 e. The number of ether oxygens (including phenoxy) is 2. The minimum absolute atomic E-state index is 0.619. The van der Waals surface area contributed by atoms with Crippen LogP contribution in [0.15, 0.2) is 23.2 Å². The Labute approximate surface area is 140 Å². The summed E-state index contributed by atoms with van der Waals surface area (Å²) in [7, 11) is 3.45. The van der Waals surface area contributed by atoms with Crippen LogP contribution in [-0.2, 0) is 6.54 Å². The van der Waals surface area contributed by atoms with Crippen molar-refractivity contribution in [3.05, 3.63) is 23.8 Å². The van der Waals surface area contributed by atoms with Crippen LogP contribution in [0, 0.1) is 0 Å². The zero-order valence-corrected chi connectivity index (χ0v) is 14.9. The molecule has 1 rings (SSSR count). The number of hydrogen-bond acceptors (Lipinski definition) is 3. The summed E-state index contributed by atoms with van der Waals surface area (Å²) in [5, 5.41) is 6.67. The van der Waals surface area contributed by atoms with Gasteiger partial charge in [0.2, 0.25) is 0 Å². The van der Waals surface area contributed by atoms with E-state index in [1.807, 2.05) is 25.1 Å². The lowest BCUT2D eigenvalue weighted by atomic mass is 10.2. The Morgan fingerprint density at radius 1 is 1.09 bits per heavy atom.